The second-order valence-corrected chi connectivity index (χ2v) is 7.32. The molecule has 1 heterocycles. The fourth-order valence-corrected chi connectivity index (χ4v) is 3.98. The molecule has 2 fully saturated rings. The average Bonchev–Trinajstić information content (AvgIpc) is 3.17. The second kappa shape index (κ2) is 6.23. The summed E-state index contributed by atoms with van der Waals surface area (Å²) in [4.78, 5) is 12.9. The van der Waals surface area contributed by atoms with Gasteiger partial charge in [-0.15, -0.1) is 0 Å². The molecule has 1 saturated carbocycles. The molecule has 5 heteroatoms. The van der Waals surface area contributed by atoms with Crippen LogP contribution in [0.2, 0.25) is 0 Å². The third kappa shape index (κ3) is 3.27. The number of esters is 1. The number of carbonyl (C=O) groups excluding carboxylic acids is 1. The number of carbonyl (C=O) groups is 1. The van der Waals surface area contributed by atoms with Crippen LogP contribution in [0.4, 0.5) is 0 Å². The fourth-order valence-electron chi connectivity index (χ4n) is 3.98. The highest BCUT2D eigenvalue weighted by molar-refractivity contribution is 5.81. The molecule has 1 aromatic rings. The van der Waals surface area contributed by atoms with Crippen LogP contribution in [0, 0.1) is 5.92 Å². The number of likely N-dealkylation sites (tertiary alicyclic amines) is 1. The Kier molecular flexibility index (Phi) is 4.45. The van der Waals surface area contributed by atoms with Crippen molar-refractivity contribution in [1.82, 2.24) is 0 Å². The normalized spacial score (nSPS) is 31.0. The van der Waals surface area contributed by atoms with Crippen molar-refractivity contribution in [2.24, 2.45) is 11.8 Å². The van der Waals surface area contributed by atoms with Crippen molar-refractivity contribution in [3.63, 3.8) is 0 Å². The van der Waals surface area contributed by atoms with E-state index in [1.165, 1.54) is 0 Å². The maximum atomic E-state index is 12.9. The van der Waals surface area contributed by atoms with E-state index in [0.717, 1.165) is 38.6 Å². The number of nitrogens with zero attached hydrogens (tertiary/aromatic N) is 1. The van der Waals surface area contributed by atoms with E-state index >= 15 is 0 Å². The van der Waals surface area contributed by atoms with Crippen LogP contribution in [0.15, 0.2) is 30.3 Å². The summed E-state index contributed by atoms with van der Waals surface area (Å²) in [6.45, 7) is 1.38. The SMILES string of the molecule is C[N+]1(N)CC[C@H](OC(=O)[C@](O)(c2ccccc2)C2CCCC2)C1. The predicted molar refractivity (Wildman–Crippen MR) is 86.9 cm³/mol. The van der Waals surface area contributed by atoms with Gasteiger partial charge in [0.15, 0.2) is 11.7 Å². The van der Waals surface area contributed by atoms with Gasteiger partial charge < -0.3 is 9.84 Å². The number of quaternary nitrogens is 1. The minimum absolute atomic E-state index is 0.0717. The number of aliphatic hydroxyl groups is 1. The molecule has 1 aliphatic heterocycles. The van der Waals surface area contributed by atoms with Gasteiger partial charge in [-0.3, -0.25) is 0 Å². The van der Waals surface area contributed by atoms with Gasteiger partial charge in [0.05, 0.1) is 13.6 Å². The van der Waals surface area contributed by atoms with Crippen LogP contribution in [-0.4, -0.2) is 41.9 Å². The molecule has 0 aromatic heterocycles. The highest BCUT2D eigenvalue weighted by atomic mass is 16.6. The van der Waals surface area contributed by atoms with E-state index in [2.05, 4.69) is 0 Å². The lowest BCUT2D eigenvalue weighted by Crippen LogP contribution is -2.50. The lowest BCUT2D eigenvalue weighted by Gasteiger charge is -2.33. The zero-order valence-corrected chi connectivity index (χ0v) is 13.8. The Balaban J connectivity index is 1.82. The van der Waals surface area contributed by atoms with E-state index in [0.29, 0.717) is 16.7 Å². The van der Waals surface area contributed by atoms with E-state index in [-0.39, 0.29) is 12.0 Å². The van der Waals surface area contributed by atoms with Crippen LogP contribution in [0.5, 0.6) is 0 Å². The van der Waals surface area contributed by atoms with E-state index in [1.807, 2.05) is 37.4 Å². The molecule has 5 nitrogen and oxygen atoms in total. The first-order valence-corrected chi connectivity index (χ1v) is 8.54. The first-order chi connectivity index (χ1) is 10.9. The Labute approximate surface area is 137 Å². The summed E-state index contributed by atoms with van der Waals surface area (Å²) in [7, 11) is 1.92. The predicted octanol–water partition coefficient (Wildman–Crippen LogP) is 1.70. The number of nitrogens with two attached hydrogens (primary N) is 1. The number of benzene rings is 1. The van der Waals surface area contributed by atoms with Crippen LogP contribution in [0.1, 0.15) is 37.7 Å². The molecule has 0 bridgehead atoms. The van der Waals surface area contributed by atoms with Gasteiger partial charge in [-0.25, -0.2) is 9.39 Å². The summed E-state index contributed by atoms with van der Waals surface area (Å²) in [5.74, 6) is 5.49. The molecule has 126 valence electrons. The summed E-state index contributed by atoms with van der Waals surface area (Å²) in [6.07, 6.45) is 4.34. The zero-order chi connectivity index (χ0) is 16.5. The maximum absolute atomic E-state index is 12.9. The van der Waals surface area contributed by atoms with Crippen molar-refractivity contribution in [2.75, 3.05) is 20.1 Å². The molecule has 0 amide bonds. The molecule has 3 N–H and O–H groups in total. The molecule has 1 unspecified atom stereocenters. The van der Waals surface area contributed by atoms with Gasteiger partial charge >= 0.3 is 5.97 Å². The van der Waals surface area contributed by atoms with Crippen molar-refractivity contribution in [2.45, 2.75) is 43.8 Å². The third-order valence-electron chi connectivity index (χ3n) is 5.33. The van der Waals surface area contributed by atoms with Crippen molar-refractivity contribution >= 4 is 5.97 Å². The molecule has 2 aliphatic rings. The molecule has 3 atom stereocenters. The molecular formula is C18H27N2O3+. The Morgan fingerprint density at radius 1 is 1.26 bits per heavy atom. The Morgan fingerprint density at radius 3 is 2.48 bits per heavy atom. The lowest BCUT2D eigenvalue weighted by molar-refractivity contribution is -0.910. The van der Waals surface area contributed by atoms with Crippen molar-refractivity contribution in [3.8, 4) is 0 Å². The quantitative estimate of drug-likeness (QED) is 0.503. The lowest BCUT2D eigenvalue weighted by atomic mass is 9.80. The number of ether oxygens (including phenoxy) is 1. The monoisotopic (exact) mass is 319 g/mol. The Bertz CT molecular complexity index is 555. The van der Waals surface area contributed by atoms with Crippen LogP contribution < -0.4 is 5.84 Å². The molecule has 0 spiro atoms. The fraction of sp³-hybridized carbons (Fsp3) is 0.611. The summed E-state index contributed by atoms with van der Waals surface area (Å²) in [6, 6.07) is 9.23. The molecule has 1 aliphatic carbocycles. The zero-order valence-electron chi connectivity index (χ0n) is 13.8. The van der Waals surface area contributed by atoms with Crippen LogP contribution in [-0.2, 0) is 15.1 Å². The van der Waals surface area contributed by atoms with Gasteiger partial charge in [0, 0.05) is 12.3 Å². The standard InChI is InChI=1S/C18H27N2O3/c1-20(19)12-11-16(13-20)23-17(21)18(22,15-9-5-6-10-15)14-7-3-2-4-8-14/h2-4,7-8,15-16,22H,5-6,9-13,19H2,1H3/q+1/t16-,18-,20?/m0/s1. The second-order valence-electron chi connectivity index (χ2n) is 7.32. The van der Waals surface area contributed by atoms with E-state index in [4.69, 9.17) is 10.6 Å². The molecule has 1 aromatic carbocycles. The van der Waals surface area contributed by atoms with E-state index < -0.39 is 11.6 Å². The Morgan fingerprint density at radius 2 is 1.91 bits per heavy atom. The van der Waals surface area contributed by atoms with E-state index in [1.54, 1.807) is 0 Å². The van der Waals surface area contributed by atoms with Gasteiger partial charge in [0.1, 0.15) is 6.54 Å². The van der Waals surface area contributed by atoms with Gasteiger partial charge in [-0.1, -0.05) is 43.2 Å². The van der Waals surface area contributed by atoms with Gasteiger partial charge in [0.2, 0.25) is 0 Å². The van der Waals surface area contributed by atoms with Gasteiger partial charge in [-0.05, 0) is 18.4 Å². The first-order valence-electron chi connectivity index (χ1n) is 8.54. The molecular weight excluding hydrogens is 292 g/mol. The minimum atomic E-state index is -1.54. The average molecular weight is 319 g/mol. The van der Waals surface area contributed by atoms with E-state index in [9.17, 15) is 9.90 Å². The first kappa shape index (κ1) is 16.4. The van der Waals surface area contributed by atoms with Crippen molar-refractivity contribution in [1.29, 1.82) is 0 Å². The minimum Gasteiger partial charge on any atom is -0.454 e. The highest BCUT2D eigenvalue weighted by Gasteiger charge is 2.49. The number of likely N-dealkylation sites (N-methyl/N-ethyl adjacent to an activating group) is 1. The van der Waals surface area contributed by atoms with Crippen LogP contribution in [0.25, 0.3) is 0 Å². The smallest absolute Gasteiger partial charge is 0.343 e. The van der Waals surface area contributed by atoms with Gasteiger partial charge in [0.25, 0.3) is 0 Å². The molecule has 0 radical (unpaired) electrons. The summed E-state index contributed by atoms with van der Waals surface area (Å²) in [5.41, 5.74) is -0.905. The van der Waals surface area contributed by atoms with Gasteiger partial charge in [-0.2, -0.15) is 5.84 Å². The summed E-state index contributed by atoms with van der Waals surface area (Å²) in [5, 5.41) is 11.3. The highest BCUT2D eigenvalue weighted by Crippen LogP contribution is 2.41. The number of hydrogen-bond acceptors (Lipinski definition) is 4. The number of rotatable bonds is 4. The molecule has 3 rings (SSSR count). The molecule has 1 saturated heterocycles. The topological polar surface area (TPSA) is 72.5 Å². The third-order valence-corrected chi connectivity index (χ3v) is 5.33. The number of hydrogen-bond donors (Lipinski definition) is 2. The summed E-state index contributed by atoms with van der Waals surface area (Å²) < 4.78 is 6.06. The largest absolute Gasteiger partial charge is 0.454 e. The van der Waals surface area contributed by atoms with Crippen LogP contribution >= 0.6 is 0 Å². The summed E-state index contributed by atoms with van der Waals surface area (Å²) >= 11 is 0. The van der Waals surface area contributed by atoms with Crippen molar-refractivity contribution < 1.29 is 19.2 Å². The maximum Gasteiger partial charge on any atom is 0.343 e. The van der Waals surface area contributed by atoms with Crippen molar-refractivity contribution in [3.05, 3.63) is 35.9 Å². The molecule has 23 heavy (non-hydrogen) atoms. The van der Waals surface area contributed by atoms with Crippen LogP contribution in [0.3, 0.4) is 0 Å². The Hall–Kier alpha value is -1.43.